The zero-order valence-corrected chi connectivity index (χ0v) is 7.61. The second kappa shape index (κ2) is 4.61. The van der Waals surface area contributed by atoms with Crippen LogP contribution < -0.4 is 0 Å². The van der Waals surface area contributed by atoms with Crippen molar-refractivity contribution < 1.29 is 9.15 Å². The van der Waals surface area contributed by atoms with E-state index in [1.54, 1.807) is 6.92 Å². The van der Waals surface area contributed by atoms with Crippen LogP contribution in [0.1, 0.15) is 12.7 Å². The topological polar surface area (TPSA) is 64.2 Å². The van der Waals surface area contributed by atoms with Gasteiger partial charge in [-0.3, -0.25) is 0 Å². The molecule has 0 fully saturated rings. The molecule has 0 saturated carbocycles. The summed E-state index contributed by atoms with van der Waals surface area (Å²) in [7, 11) is 0. The molecule has 13 heavy (non-hydrogen) atoms. The van der Waals surface area contributed by atoms with E-state index in [0.29, 0.717) is 6.61 Å². The van der Waals surface area contributed by atoms with Gasteiger partial charge in [0.2, 0.25) is 0 Å². The molecule has 0 aliphatic carbocycles. The van der Waals surface area contributed by atoms with E-state index in [4.69, 9.17) is 20.9 Å². The Morgan fingerprint density at radius 3 is 2.92 bits per heavy atom. The van der Waals surface area contributed by atoms with Gasteiger partial charge >= 0.3 is 0 Å². The lowest BCUT2D eigenvalue weighted by molar-refractivity contribution is 0.320. The first kappa shape index (κ1) is 9.73. The van der Waals surface area contributed by atoms with E-state index >= 15 is 0 Å². The van der Waals surface area contributed by atoms with Crippen molar-refractivity contribution in [2.75, 3.05) is 6.61 Å². The molecule has 6 heteroatoms. The van der Waals surface area contributed by atoms with Crippen LogP contribution in [0.2, 0.25) is 0 Å². The highest BCUT2D eigenvalue weighted by Crippen LogP contribution is 2.17. The quantitative estimate of drug-likeness (QED) is 0.430. The fourth-order valence-corrected chi connectivity index (χ4v) is 0.898. The number of hydrogen-bond donors (Lipinski definition) is 0. The van der Waals surface area contributed by atoms with Gasteiger partial charge in [-0.05, 0) is 13.0 Å². The molecule has 0 aliphatic rings. The second-order valence-corrected chi connectivity index (χ2v) is 2.22. The van der Waals surface area contributed by atoms with Gasteiger partial charge in [0.1, 0.15) is 0 Å². The van der Waals surface area contributed by atoms with Crippen molar-refractivity contribution in [2.24, 2.45) is 9.69 Å². The molecule has 0 radical (unpaired) electrons. The fourth-order valence-electron chi connectivity index (χ4n) is 0.766. The van der Waals surface area contributed by atoms with Gasteiger partial charge in [0.15, 0.2) is 5.76 Å². The van der Waals surface area contributed by atoms with Crippen molar-refractivity contribution in [3.05, 3.63) is 22.8 Å². The lowest BCUT2D eigenvalue weighted by Gasteiger charge is -2.00. The molecule has 0 aliphatic heterocycles. The number of ether oxygens (including phenoxy) is 1. The van der Waals surface area contributed by atoms with Gasteiger partial charge in [-0.2, -0.15) is 0 Å². The molecular formula is C7H7ClN2O3. The average Bonchev–Trinajstić information content (AvgIpc) is 2.62. The van der Waals surface area contributed by atoms with Crippen molar-refractivity contribution >= 4 is 23.6 Å². The number of halogens is 1. The minimum Gasteiger partial charge on any atom is -0.475 e. The van der Waals surface area contributed by atoms with Gasteiger partial charge in [0.05, 0.1) is 6.61 Å². The van der Waals surface area contributed by atoms with Crippen molar-refractivity contribution in [3.8, 4) is 0 Å². The van der Waals surface area contributed by atoms with Gasteiger partial charge in [-0.25, -0.2) is 0 Å². The Labute approximate surface area is 79.4 Å². The van der Waals surface area contributed by atoms with E-state index < -0.39 is 0 Å². The summed E-state index contributed by atoms with van der Waals surface area (Å²) in [5.41, 5.74) is 0. The van der Waals surface area contributed by atoms with E-state index in [1.807, 2.05) is 0 Å². The van der Waals surface area contributed by atoms with Crippen LogP contribution >= 0.6 is 11.8 Å². The van der Waals surface area contributed by atoms with E-state index in [9.17, 15) is 4.91 Å². The molecule has 0 amide bonds. The molecule has 0 bridgehead atoms. The van der Waals surface area contributed by atoms with E-state index in [2.05, 4.69) is 9.69 Å². The van der Waals surface area contributed by atoms with Crippen LogP contribution in [0.5, 0.6) is 0 Å². The van der Waals surface area contributed by atoms with Crippen LogP contribution in [0.25, 0.3) is 0 Å². The Hall–Kier alpha value is -1.36. The first-order valence-electron chi connectivity index (χ1n) is 3.57. The molecule has 0 N–H and O–H groups in total. The van der Waals surface area contributed by atoms with Crippen molar-refractivity contribution in [2.45, 2.75) is 6.92 Å². The highest BCUT2D eigenvalue weighted by atomic mass is 35.5. The van der Waals surface area contributed by atoms with Crippen LogP contribution in [0.4, 0.5) is 5.88 Å². The van der Waals surface area contributed by atoms with Crippen LogP contribution in [-0.2, 0) is 4.74 Å². The van der Waals surface area contributed by atoms with Crippen molar-refractivity contribution in [1.29, 1.82) is 0 Å². The molecular weight excluding hydrogens is 196 g/mol. The molecule has 0 saturated heterocycles. The summed E-state index contributed by atoms with van der Waals surface area (Å²) in [6.45, 7) is 2.19. The maximum Gasteiger partial charge on any atom is 0.270 e. The maximum absolute atomic E-state index is 10.0. The third kappa shape index (κ3) is 2.29. The fraction of sp³-hybridized carbons (Fsp3) is 0.286. The number of nitrogens with zero attached hydrogens (tertiary/aromatic N) is 2. The van der Waals surface area contributed by atoms with E-state index in [1.165, 1.54) is 12.1 Å². The Balaban J connectivity index is 2.85. The molecule has 5 nitrogen and oxygen atoms in total. The number of hydrogen-bond acceptors (Lipinski definition) is 5. The third-order valence-electron chi connectivity index (χ3n) is 1.25. The first-order valence-corrected chi connectivity index (χ1v) is 3.91. The predicted molar refractivity (Wildman–Crippen MR) is 48.2 cm³/mol. The second-order valence-electron chi connectivity index (χ2n) is 2.05. The highest BCUT2D eigenvalue weighted by molar-refractivity contribution is 6.20. The number of nitroso groups, excluding NO2 is 1. The lowest BCUT2D eigenvalue weighted by Crippen LogP contribution is -2.03. The Kier molecular flexibility index (Phi) is 3.45. The predicted octanol–water partition coefficient (Wildman–Crippen LogP) is 2.61. The van der Waals surface area contributed by atoms with Crippen LogP contribution in [0.15, 0.2) is 26.2 Å². The van der Waals surface area contributed by atoms with E-state index in [-0.39, 0.29) is 17.5 Å². The summed E-state index contributed by atoms with van der Waals surface area (Å²) in [4.78, 5) is 10.0. The van der Waals surface area contributed by atoms with Gasteiger partial charge in [-0.15, -0.1) is 9.42 Å². The van der Waals surface area contributed by atoms with Gasteiger partial charge < -0.3 is 9.15 Å². The number of rotatable bonds is 3. The summed E-state index contributed by atoms with van der Waals surface area (Å²) in [5.74, 6) is 0.387. The molecule has 1 aromatic heterocycles. The molecule has 0 unspecified atom stereocenters. The Morgan fingerprint density at radius 2 is 2.46 bits per heavy atom. The number of furan rings is 1. The Bertz CT molecular complexity index is 321. The molecule has 1 aromatic rings. The largest absolute Gasteiger partial charge is 0.475 e. The molecule has 0 spiro atoms. The molecule has 70 valence electrons. The summed E-state index contributed by atoms with van der Waals surface area (Å²) >= 11 is 5.23. The molecule has 0 aromatic carbocycles. The highest BCUT2D eigenvalue weighted by Gasteiger charge is 2.09. The van der Waals surface area contributed by atoms with Crippen LogP contribution in [0, 0.1) is 4.91 Å². The van der Waals surface area contributed by atoms with Gasteiger partial charge in [-0.1, -0.05) is 0 Å². The van der Waals surface area contributed by atoms with Gasteiger partial charge in [0, 0.05) is 23.0 Å². The van der Waals surface area contributed by atoms with E-state index in [0.717, 1.165) is 0 Å². The molecule has 1 rings (SSSR count). The van der Waals surface area contributed by atoms with Crippen LogP contribution in [0.3, 0.4) is 0 Å². The molecule has 1 heterocycles. The van der Waals surface area contributed by atoms with Gasteiger partial charge in [0.25, 0.3) is 11.8 Å². The van der Waals surface area contributed by atoms with Crippen molar-refractivity contribution in [3.63, 3.8) is 0 Å². The smallest absolute Gasteiger partial charge is 0.270 e. The maximum atomic E-state index is 10.0. The minimum atomic E-state index is -0.0347. The standard InChI is InChI=1S/C7H7ClN2O3/c1-2-12-7(9-8)5-3-4-6(10-11)13-5/h3-4H,2H2,1H3/b9-7+. The Morgan fingerprint density at radius 1 is 1.69 bits per heavy atom. The summed E-state index contributed by atoms with van der Waals surface area (Å²) in [6, 6.07) is 2.91. The lowest BCUT2D eigenvalue weighted by atomic mass is 10.4. The van der Waals surface area contributed by atoms with Crippen molar-refractivity contribution in [1.82, 2.24) is 0 Å². The zero-order valence-electron chi connectivity index (χ0n) is 6.86. The summed E-state index contributed by atoms with van der Waals surface area (Å²) in [5, 5.41) is 2.60. The monoisotopic (exact) mass is 202 g/mol. The summed E-state index contributed by atoms with van der Waals surface area (Å²) < 4.78 is 13.3. The molecule has 0 atom stereocenters. The average molecular weight is 203 g/mol. The first-order chi connectivity index (χ1) is 6.31. The normalized spacial score (nSPS) is 11.4. The minimum absolute atomic E-state index is 0.0347. The third-order valence-corrected chi connectivity index (χ3v) is 1.40. The van der Waals surface area contributed by atoms with Crippen LogP contribution in [-0.4, -0.2) is 12.5 Å². The SMILES string of the molecule is CCO/C(=N/Cl)c1ccc(N=O)o1. The zero-order chi connectivity index (χ0) is 9.68. The summed E-state index contributed by atoms with van der Waals surface area (Å²) in [6.07, 6.45) is 0.